The molecule has 0 spiro atoms. The number of thiophene rings is 1. The van der Waals surface area contributed by atoms with Gasteiger partial charge in [-0.1, -0.05) is 18.2 Å². The average Bonchev–Trinajstić information content (AvgIpc) is 3.53. The van der Waals surface area contributed by atoms with Gasteiger partial charge < -0.3 is 24.8 Å². The molecule has 198 valence electrons. The Morgan fingerprint density at radius 3 is 2.32 bits per heavy atom. The lowest BCUT2D eigenvalue weighted by Crippen LogP contribution is -2.22. The van der Waals surface area contributed by atoms with Crippen molar-refractivity contribution >= 4 is 61.6 Å². The minimum atomic E-state index is -4.29. The number of anilines is 2. The molecular formula is C24H20FN3O8S2. The Morgan fingerprint density at radius 1 is 0.947 bits per heavy atom. The molecule has 0 saturated carbocycles. The summed E-state index contributed by atoms with van der Waals surface area (Å²) in [7, 11) is -0.888. The number of ether oxygens (including phenoxy) is 3. The fraction of sp³-hybridized carbons (Fsp3) is 0.125. The van der Waals surface area contributed by atoms with Crippen LogP contribution in [0.1, 0.15) is 20.0 Å². The summed E-state index contributed by atoms with van der Waals surface area (Å²) >= 11 is 0.824. The number of esters is 2. The van der Waals surface area contributed by atoms with Gasteiger partial charge in [0.25, 0.3) is 10.0 Å². The monoisotopic (exact) mass is 561 g/mol. The van der Waals surface area contributed by atoms with E-state index in [2.05, 4.69) is 20.1 Å². The van der Waals surface area contributed by atoms with Crippen molar-refractivity contribution in [2.75, 3.05) is 32.0 Å². The number of benzene rings is 2. The molecule has 0 saturated heterocycles. The maximum Gasteiger partial charge on any atom is 0.349 e. The van der Waals surface area contributed by atoms with E-state index in [0.29, 0.717) is 10.9 Å². The van der Waals surface area contributed by atoms with Crippen LogP contribution < -0.4 is 15.4 Å². The predicted octanol–water partition coefficient (Wildman–Crippen LogP) is 4.30. The molecule has 38 heavy (non-hydrogen) atoms. The van der Waals surface area contributed by atoms with Crippen LogP contribution in [0.3, 0.4) is 0 Å². The molecule has 11 nitrogen and oxygen atoms in total. The van der Waals surface area contributed by atoms with Crippen LogP contribution in [0.4, 0.5) is 20.6 Å². The average molecular weight is 562 g/mol. The largest absolute Gasteiger partial charge is 0.495 e. The number of aromatic nitrogens is 1. The predicted molar refractivity (Wildman–Crippen MR) is 137 cm³/mol. The van der Waals surface area contributed by atoms with Crippen LogP contribution in [0, 0.1) is 5.82 Å². The first kappa shape index (κ1) is 26.6. The van der Waals surface area contributed by atoms with Gasteiger partial charge in [0.05, 0.1) is 38.2 Å². The lowest BCUT2D eigenvalue weighted by Gasteiger charge is -2.15. The van der Waals surface area contributed by atoms with Crippen molar-refractivity contribution in [2.24, 2.45) is 0 Å². The SMILES string of the molecule is COC(=O)c1scc(NC(=O)Nc2cc(S(=O)(=O)n3ccc4ccccc43)c(OC)cc2F)c1C(=O)OC. The van der Waals surface area contributed by atoms with Crippen molar-refractivity contribution in [1.29, 1.82) is 0 Å². The first-order valence-electron chi connectivity index (χ1n) is 10.7. The number of urea groups is 1. The number of nitrogens with one attached hydrogen (secondary N) is 2. The summed E-state index contributed by atoms with van der Waals surface area (Å²) in [5, 5.41) is 6.53. The standard InChI is InChI=1S/C24H20FN3O8S2/c1-34-18-10-14(25)15(11-19(18)38(32,33)28-9-8-13-6-4-5-7-17(13)28)26-24(31)27-16-12-37-21(23(30)36-3)20(16)22(29)35-2/h4-12H,1-3H3,(H2,26,27,31). The fourth-order valence-corrected chi connectivity index (χ4v) is 6.06. The Balaban J connectivity index is 1.69. The quantitative estimate of drug-likeness (QED) is 0.318. The molecule has 0 fully saturated rings. The topological polar surface area (TPSA) is 142 Å². The summed E-state index contributed by atoms with van der Waals surface area (Å²) in [6, 6.07) is 9.11. The number of halogens is 1. The summed E-state index contributed by atoms with van der Waals surface area (Å²) in [6.45, 7) is 0. The highest BCUT2D eigenvalue weighted by Gasteiger charge is 2.28. The van der Waals surface area contributed by atoms with Crippen molar-refractivity contribution in [1.82, 2.24) is 3.97 Å². The van der Waals surface area contributed by atoms with Crippen molar-refractivity contribution in [3.8, 4) is 5.75 Å². The molecule has 0 atom stereocenters. The molecule has 2 amide bonds. The number of nitrogens with zero attached hydrogens (tertiary/aromatic N) is 1. The molecule has 4 rings (SSSR count). The summed E-state index contributed by atoms with van der Waals surface area (Å²) in [5.74, 6) is -3.00. The van der Waals surface area contributed by atoms with Gasteiger partial charge in [0.1, 0.15) is 21.1 Å². The number of hydrogen-bond donors (Lipinski definition) is 2. The van der Waals surface area contributed by atoms with Crippen molar-refractivity contribution < 1.29 is 41.4 Å². The van der Waals surface area contributed by atoms with E-state index >= 15 is 0 Å². The third-order valence-corrected chi connectivity index (χ3v) is 8.07. The van der Waals surface area contributed by atoms with E-state index in [1.165, 1.54) is 18.7 Å². The molecule has 14 heteroatoms. The molecule has 2 aromatic heterocycles. The second-order valence-corrected chi connectivity index (χ2v) is 10.2. The van der Waals surface area contributed by atoms with Crippen LogP contribution in [0.5, 0.6) is 5.75 Å². The zero-order valence-corrected chi connectivity index (χ0v) is 21.7. The van der Waals surface area contributed by atoms with Crippen molar-refractivity contribution in [3.63, 3.8) is 0 Å². The van der Waals surface area contributed by atoms with E-state index in [1.807, 2.05) is 0 Å². The number of rotatable bonds is 7. The zero-order chi connectivity index (χ0) is 27.6. The number of para-hydroxylation sites is 1. The van der Waals surface area contributed by atoms with Crippen LogP contribution in [0.25, 0.3) is 10.9 Å². The van der Waals surface area contributed by atoms with Crippen LogP contribution in [0.2, 0.25) is 0 Å². The Morgan fingerprint density at radius 2 is 1.63 bits per heavy atom. The van der Waals surface area contributed by atoms with Gasteiger partial charge in [-0.2, -0.15) is 0 Å². The zero-order valence-electron chi connectivity index (χ0n) is 20.1. The maximum atomic E-state index is 14.9. The Bertz CT molecular complexity index is 1680. The van der Waals surface area contributed by atoms with Crippen molar-refractivity contribution in [2.45, 2.75) is 4.90 Å². The highest BCUT2D eigenvalue weighted by molar-refractivity contribution is 7.90. The Labute approximate surface area is 219 Å². The fourth-order valence-electron chi connectivity index (χ4n) is 3.64. The molecule has 0 bridgehead atoms. The number of hydrogen-bond acceptors (Lipinski definition) is 9. The summed E-state index contributed by atoms with van der Waals surface area (Å²) in [4.78, 5) is 36.4. The lowest BCUT2D eigenvalue weighted by molar-refractivity contribution is 0.0561. The molecule has 2 N–H and O–H groups in total. The highest BCUT2D eigenvalue weighted by atomic mass is 32.2. The molecule has 0 aliphatic carbocycles. The van der Waals surface area contributed by atoms with Crippen LogP contribution in [-0.2, 0) is 19.5 Å². The summed E-state index contributed by atoms with van der Waals surface area (Å²) in [6.07, 6.45) is 1.35. The van der Waals surface area contributed by atoms with Crippen LogP contribution >= 0.6 is 11.3 Å². The van der Waals surface area contributed by atoms with Gasteiger partial charge in [-0.3, -0.25) is 0 Å². The first-order chi connectivity index (χ1) is 18.1. The second-order valence-electron chi connectivity index (χ2n) is 7.57. The van der Waals surface area contributed by atoms with Crippen molar-refractivity contribution in [3.05, 3.63) is 70.3 Å². The first-order valence-corrected chi connectivity index (χ1v) is 13.0. The molecule has 0 radical (unpaired) electrons. The van der Waals surface area contributed by atoms with Gasteiger partial charge in [0, 0.05) is 23.0 Å². The Kier molecular flexibility index (Phi) is 7.37. The molecule has 0 unspecified atom stereocenters. The normalized spacial score (nSPS) is 11.2. The van der Waals surface area contributed by atoms with E-state index in [1.54, 1.807) is 30.3 Å². The van der Waals surface area contributed by atoms with Gasteiger partial charge in [-0.05, 0) is 18.2 Å². The maximum absolute atomic E-state index is 14.9. The number of carbonyl (C=O) groups excluding carboxylic acids is 3. The van der Waals surface area contributed by atoms with Gasteiger partial charge in [-0.25, -0.2) is 31.2 Å². The van der Waals surface area contributed by atoms with E-state index in [-0.39, 0.29) is 21.9 Å². The number of methoxy groups -OCH3 is 3. The molecule has 2 aromatic carbocycles. The van der Waals surface area contributed by atoms with Crippen LogP contribution in [-0.4, -0.2) is 51.7 Å². The smallest absolute Gasteiger partial charge is 0.349 e. The van der Waals surface area contributed by atoms with E-state index in [0.717, 1.165) is 41.7 Å². The van der Waals surface area contributed by atoms with E-state index < -0.39 is 44.4 Å². The number of amides is 2. The third-order valence-electron chi connectivity index (χ3n) is 5.40. The number of carbonyl (C=O) groups is 3. The molecular weight excluding hydrogens is 541 g/mol. The van der Waals surface area contributed by atoms with Crippen LogP contribution in [0.15, 0.2) is 58.9 Å². The highest BCUT2D eigenvalue weighted by Crippen LogP contribution is 2.34. The van der Waals surface area contributed by atoms with Gasteiger partial charge in [0.2, 0.25) is 0 Å². The minimum absolute atomic E-state index is 0.0969. The minimum Gasteiger partial charge on any atom is -0.495 e. The van der Waals surface area contributed by atoms with E-state index in [9.17, 15) is 27.2 Å². The second kappa shape index (κ2) is 10.5. The Hall–Kier alpha value is -4.43. The summed E-state index contributed by atoms with van der Waals surface area (Å²) < 4.78 is 57.3. The molecule has 0 aliphatic heterocycles. The van der Waals surface area contributed by atoms with E-state index in [4.69, 9.17) is 4.74 Å². The van der Waals surface area contributed by atoms with Gasteiger partial charge in [-0.15, -0.1) is 11.3 Å². The molecule has 2 heterocycles. The lowest BCUT2D eigenvalue weighted by atomic mass is 10.2. The van der Waals surface area contributed by atoms with Gasteiger partial charge >= 0.3 is 18.0 Å². The summed E-state index contributed by atoms with van der Waals surface area (Å²) in [5.41, 5.74) is -0.445. The third kappa shape index (κ3) is 4.78. The number of fused-ring (bicyclic) bond motifs is 1. The van der Waals surface area contributed by atoms with Gasteiger partial charge in [0.15, 0.2) is 5.82 Å². The molecule has 0 aliphatic rings. The molecule has 4 aromatic rings.